The summed E-state index contributed by atoms with van der Waals surface area (Å²) < 4.78 is 35.7. The van der Waals surface area contributed by atoms with Crippen LogP contribution < -0.4 is 5.11 Å². The van der Waals surface area contributed by atoms with E-state index in [0.717, 1.165) is 30.4 Å². The molecule has 0 N–H and O–H groups in total. The number of hydrogen-bond donors (Lipinski definition) is 0. The summed E-state index contributed by atoms with van der Waals surface area (Å²) in [5.74, 6) is -1.25. The van der Waals surface area contributed by atoms with Crippen molar-refractivity contribution in [3.05, 3.63) is 28.8 Å². The fourth-order valence-electron chi connectivity index (χ4n) is 5.43. The quantitative estimate of drug-likeness (QED) is 0.528. The van der Waals surface area contributed by atoms with Gasteiger partial charge in [0.1, 0.15) is 10.1 Å². The fraction of sp³-hybridized carbons (Fsp3) is 0.650. The molecule has 3 rings (SSSR count). The molecule has 1 saturated carbocycles. The summed E-state index contributed by atoms with van der Waals surface area (Å²) in [6, 6.07) is 3.40. The molecular formula is C20H26O5SZn. The van der Waals surface area contributed by atoms with Gasteiger partial charge in [-0.05, 0) is 65.7 Å². The molecule has 0 saturated heterocycles. The zero-order valence-electron chi connectivity index (χ0n) is 16.5. The van der Waals surface area contributed by atoms with E-state index in [1.54, 1.807) is 13.0 Å². The molecule has 3 atom stereocenters. The van der Waals surface area contributed by atoms with Crippen LogP contribution in [-0.4, -0.2) is 18.9 Å². The second-order valence-corrected chi connectivity index (χ2v) is 10.1. The third-order valence-corrected chi connectivity index (χ3v) is 7.73. The summed E-state index contributed by atoms with van der Waals surface area (Å²) in [4.78, 5) is 11.7. The Balaban J connectivity index is 0.00000261. The predicted octanol–water partition coefficient (Wildman–Crippen LogP) is 2.47. The number of aryl methyl sites for hydroxylation is 1. The molecule has 1 aromatic rings. The van der Waals surface area contributed by atoms with Crippen LogP contribution in [0, 0.1) is 11.3 Å². The zero-order chi connectivity index (χ0) is 19.5. The first-order valence-electron chi connectivity index (χ1n) is 9.26. The summed E-state index contributed by atoms with van der Waals surface area (Å²) in [7, 11) is -4.60. The standard InChI is InChI=1S/C20H28O5S.Zn/c1-12(2)14-10-13-6-7-17-19(3,8-5-9-20(17,4)18(21)22)15(13)11-16(14)26(23,24)25;/h10-12,17H,5-9H2,1-4H3,(H,21,22)(H,23,24,25);/q;+2/p-2. The monoisotopic (exact) mass is 442 g/mol. The van der Waals surface area contributed by atoms with E-state index in [9.17, 15) is 22.9 Å². The van der Waals surface area contributed by atoms with Crippen LogP contribution in [0.4, 0.5) is 0 Å². The number of aliphatic carboxylic acids is 1. The summed E-state index contributed by atoms with van der Waals surface area (Å²) in [6.45, 7) is 7.52. The van der Waals surface area contributed by atoms with Crippen LogP contribution in [0.1, 0.15) is 76.0 Å². The number of carbonyl (C=O) groups is 1. The van der Waals surface area contributed by atoms with Crippen molar-refractivity contribution in [2.24, 2.45) is 11.3 Å². The van der Waals surface area contributed by atoms with Crippen LogP contribution in [0.2, 0.25) is 0 Å². The maximum absolute atomic E-state index is 11.9. The molecule has 0 aliphatic heterocycles. The van der Waals surface area contributed by atoms with E-state index in [0.29, 0.717) is 18.4 Å². The molecule has 27 heavy (non-hydrogen) atoms. The first-order chi connectivity index (χ1) is 11.9. The van der Waals surface area contributed by atoms with Crippen molar-refractivity contribution in [1.82, 2.24) is 0 Å². The third-order valence-electron chi connectivity index (χ3n) is 6.84. The first-order valence-corrected chi connectivity index (χ1v) is 10.7. The van der Waals surface area contributed by atoms with E-state index in [2.05, 4.69) is 0 Å². The number of carboxylic acid groups (broad SMARTS) is 1. The topological polar surface area (TPSA) is 97.3 Å². The molecule has 2 aliphatic rings. The minimum atomic E-state index is -4.60. The molecule has 0 aromatic heterocycles. The summed E-state index contributed by atoms with van der Waals surface area (Å²) in [5.41, 5.74) is 1.04. The predicted molar refractivity (Wildman–Crippen MR) is 94.6 cm³/mol. The molecule has 0 heterocycles. The Bertz CT molecular complexity index is 863. The van der Waals surface area contributed by atoms with E-state index in [-0.39, 0.29) is 36.2 Å². The first kappa shape index (κ1) is 22.5. The van der Waals surface area contributed by atoms with Gasteiger partial charge < -0.3 is 14.5 Å². The van der Waals surface area contributed by atoms with E-state index in [4.69, 9.17) is 0 Å². The van der Waals surface area contributed by atoms with E-state index < -0.39 is 26.9 Å². The summed E-state index contributed by atoms with van der Waals surface area (Å²) >= 11 is 0. The Kier molecular flexibility index (Phi) is 6.03. The van der Waals surface area contributed by atoms with Gasteiger partial charge in [-0.2, -0.15) is 0 Å². The normalized spacial score (nSPS) is 30.2. The van der Waals surface area contributed by atoms with Gasteiger partial charge in [0.25, 0.3) is 0 Å². The molecule has 3 unspecified atom stereocenters. The van der Waals surface area contributed by atoms with Crippen molar-refractivity contribution >= 4 is 16.1 Å². The van der Waals surface area contributed by atoms with Crippen LogP contribution in [0.3, 0.4) is 0 Å². The minimum absolute atomic E-state index is 0. The van der Waals surface area contributed by atoms with Gasteiger partial charge in [0.15, 0.2) is 0 Å². The van der Waals surface area contributed by atoms with Crippen molar-refractivity contribution < 1.29 is 42.3 Å². The SMILES string of the molecule is CC(C)c1cc2c(cc1S(=O)(=O)[O-])C1(C)CCCC(C)(C(=O)[O-])C1CC2.[Zn+2]. The van der Waals surface area contributed by atoms with Crippen molar-refractivity contribution in [2.45, 2.75) is 76.0 Å². The number of rotatable bonds is 3. The Labute approximate surface area is 174 Å². The summed E-state index contributed by atoms with van der Waals surface area (Å²) in [5, 5.41) is 11.9. The molecule has 0 bridgehead atoms. The minimum Gasteiger partial charge on any atom is -0.744 e. The van der Waals surface area contributed by atoms with E-state index in [1.807, 2.05) is 26.8 Å². The maximum Gasteiger partial charge on any atom is 2.00 e. The van der Waals surface area contributed by atoms with Gasteiger partial charge in [-0.1, -0.05) is 40.2 Å². The van der Waals surface area contributed by atoms with Crippen LogP contribution in [-0.2, 0) is 46.2 Å². The molecule has 0 radical (unpaired) electrons. The van der Waals surface area contributed by atoms with Gasteiger partial charge in [-0.25, -0.2) is 8.42 Å². The molecule has 1 aromatic carbocycles. The van der Waals surface area contributed by atoms with Crippen molar-refractivity contribution in [1.29, 1.82) is 0 Å². The Morgan fingerprint density at radius 3 is 2.37 bits per heavy atom. The van der Waals surface area contributed by atoms with Gasteiger partial charge in [0, 0.05) is 11.4 Å². The molecule has 144 valence electrons. The smallest absolute Gasteiger partial charge is 0.744 e. The summed E-state index contributed by atoms with van der Waals surface area (Å²) in [6.07, 6.45) is 3.52. The number of fused-ring (bicyclic) bond motifs is 3. The van der Waals surface area contributed by atoms with E-state index >= 15 is 0 Å². The van der Waals surface area contributed by atoms with Crippen LogP contribution >= 0.6 is 0 Å². The van der Waals surface area contributed by atoms with E-state index in [1.165, 1.54) is 0 Å². The van der Waals surface area contributed by atoms with Gasteiger partial charge in [0.2, 0.25) is 0 Å². The second-order valence-electron chi connectivity index (χ2n) is 8.72. The Morgan fingerprint density at radius 2 is 1.85 bits per heavy atom. The number of carbonyl (C=O) groups excluding carboxylic acids is 1. The average molecular weight is 444 g/mol. The number of benzene rings is 1. The Hall–Kier alpha value is -0.777. The molecular weight excluding hydrogens is 418 g/mol. The third kappa shape index (κ3) is 3.51. The van der Waals surface area contributed by atoms with Crippen LogP contribution in [0.15, 0.2) is 17.0 Å². The fourth-order valence-corrected chi connectivity index (χ4v) is 6.27. The molecule has 0 spiro atoms. The largest absolute Gasteiger partial charge is 2.00 e. The van der Waals surface area contributed by atoms with Gasteiger partial charge >= 0.3 is 19.5 Å². The van der Waals surface area contributed by atoms with Crippen LogP contribution in [0.5, 0.6) is 0 Å². The van der Waals surface area contributed by atoms with Crippen molar-refractivity contribution in [3.8, 4) is 0 Å². The molecule has 2 aliphatic carbocycles. The second kappa shape index (κ2) is 7.24. The number of carboxylic acids is 1. The Morgan fingerprint density at radius 1 is 1.22 bits per heavy atom. The maximum atomic E-state index is 11.9. The molecule has 0 amide bonds. The molecule has 7 heteroatoms. The van der Waals surface area contributed by atoms with Crippen molar-refractivity contribution in [2.75, 3.05) is 0 Å². The zero-order valence-corrected chi connectivity index (χ0v) is 20.3. The van der Waals surface area contributed by atoms with Gasteiger partial charge in [0.05, 0.1) is 4.90 Å². The van der Waals surface area contributed by atoms with Crippen LogP contribution in [0.25, 0.3) is 0 Å². The molecule has 1 fully saturated rings. The average Bonchev–Trinajstić information content (AvgIpc) is 2.52. The van der Waals surface area contributed by atoms with Gasteiger partial charge in [-0.15, -0.1) is 0 Å². The molecule has 5 nitrogen and oxygen atoms in total. The van der Waals surface area contributed by atoms with Crippen molar-refractivity contribution in [3.63, 3.8) is 0 Å². The number of hydrogen-bond acceptors (Lipinski definition) is 5. The van der Waals surface area contributed by atoms with Gasteiger partial charge in [-0.3, -0.25) is 0 Å².